The Morgan fingerprint density at radius 2 is 1.88 bits per heavy atom. The van der Waals surface area contributed by atoms with Crippen LogP contribution in [-0.4, -0.2) is 15.7 Å². The molecule has 25 heavy (non-hydrogen) atoms. The average Bonchev–Trinajstić information content (AvgIpc) is 3.10. The minimum Gasteiger partial charge on any atom is -0.486 e. The third kappa shape index (κ3) is 4.58. The lowest BCUT2D eigenvalue weighted by atomic mass is 10.1. The van der Waals surface area contributed by atoms with E-state index in [0.717, 1.165) is 27.8 Å². The van der Waals surface area contributed by atoms with Crippen LogP contribution in [0.3, 0.4) is 0 Å². The fraction of sp³-hybridized carbons (Fsp3) is 0.167. The summed E-state index contributed by atoms with van der Waals surface area (Å²) in [4.78, 5) is 16.1. The molecule has 0 saturated heterocycles. The lowest BCUT2D eigenvalue weighted by molar-refractivity contribution is -0.384. The SMILES string of the molecule is CCSc1ccc(OCc2nc(-c3ccc([N+](=O)[O-])cc3)cs2)cc1. The van der Waals surface area contributed by atoms with Gasteiger partial charge in [-0.15, -0.1) is 23.1 Å². The number of aromatic nitrogens is 1. The molecule has 0 aliphatic rings. The molecule has 0 amide bonds. The summed E-state index contributed by atoms with van der Waals surface area (Å²) in [6.45, 7) is 2.53. The van der Waals surface area contributed by atoms with E-state index in [1.165, 1.54) is 28.4 Å². The Kier molecular flexibility index (Phi) is 5.67. The number of hydrogen-bond acceptors (Lipinski definition) is 6. The second kappa shape index (κ2) is 8.13. The molecule has 0 aliphatic carbocycles. The summed E-state index contributed by atoms with van der Waals surface area (Å²) in [6.07, 6.45) is 0. The molecule has 0 spiro atoms. The number of thiazole rings is 1. The van der Waals surface area contributed by atoms with Gasteiger partial charge < -0.3 is 4.74 Å². The van der Waals surface area contributed by atoms with Crippen molar-refractivity contribution < 1.29 is 9.66 Å². The molecule has 0 atom stereocenters. The van der Waals surface area contributed by atoms with Crippen LogP contribution in [0.15, 0.2) is 58.8 Å². The first-order valence-corrected chi connectivity index (χ1v) is 9.57. The van der Waals surface area contributed by atoms with Crippen LogP contribution in [0.1, 0.15) is 11.9 Å². The molecule has 0 unspecified atom stereocenters. The highest BCUT2D eigenvalue weighted by Gasteiger charge is 2.08. The molecule has 3 rings (SSSR count). The van der Waals surface area contributed by atoms with E-state index in [4.69, 9.17) is 4.74 Å². The summed E-state index contributed by atoms with van der Waals surface area (Å²) < 4.78 is 5.77. The fourth-order valence-corrected chi connectivity index (χ4v) is 3.58. The van der Waals surface area contributed by atoms with Gasteiger partial charge in [0.25, 0.3) is 5.69 Å². The maximum absolute atomic E-state index is 10.7. The lowest BCUT2D eigenvalue weighted by Crippen LogP contribution is -1.94. The van der Waals surface area contributed by atoms with Gasteiger partial charge in [-0.3, -0.25) is 10.1 Å². The number of benzene rings is 2. The predicted molar refractivity (Wildman–Crippen MR) is 101 cm³/mol. The van der Waals surface area contributed by atoms with Crippen molar-refractivity contribution >= 4 is 28.8 Å². The lowest BCUT2D eigenvalue weighted by Gasteiger charge is -2.05. The van der Waals surface area contributed by atoms with Crippen LogP contribution < -0.4 is 4.74 Å². The van der Waals surface area contributed by atoms with Gasteiger partial charge >= 0.3 is 0 Å². The van der Waals surface area contributed by atoms with Crippen LogP contribution in [-0.2, 0) is 6.61 Å². The van der Waals surface area contributed by atoms with Gasteiger partial charge in [0.2, 0.25) is 0 Å². The molecule has 1 heterocycles. The second-order valence-electron chi connectivity index (χ2n) is 5.12. The van der Waals surface area contributed by atoms with E-state index in [-0.39, 0.29) is 5.69 Å². The number of thioether (sulfide) groups is 1. The average molecular weight is 372 g/mol. The van der Waals surface area contributed by atoms with E-state index in [0.29, 0.717) is 6.61 Å². The molecule has 7 heteroatoms. The smallest absolute Gasteiger partial charge is 0.269 e. The third-order valence-corrected chi connectivity index (χ3v) is 5.14. The van der Waals surface area contributed by atoms with Gasteiger partial charge in [-0.2, -0.15) is 0 Å². The molecule has 0 fully saturated rings. The summed E-state index contributed by atoms with van der Waals surface area (Å²) in [7, 11) is 0. The highest BCUT2D eigenvalue weighted by Crippen LogP contribution is 2.26. The van der Waals surface area contributed by atoms with E-state index in [1.54, 1.807) is 23.9 Å². The van der Waals surface area contributed by atoms with Crippen LogP contribution >= 0.6 is 23.1 Å². The summed E-state index contributed by atoms with van der Waals surface area (Å²) in [5.74, 6) is 1.86. The standard InChI is InChI=1S/C18H16N2O3S2/c1-2-24-16-9-7-15(8-10-16)23-11-18-19-17(12-25-18)13-3-5-14(6-4-13)20(21)22/h3-10,12H,2,11H2,1H3. The number of hydrogen-bond donors (Lipinski definition) is 0. The van der Waals surface area contributed by atoms with Gasteiger partial charge in [-0.05, 0) is 42.2 Å². The van der Waals surface area contributed by atoms with Crippen LogP contribution in [0.4, 0.5) is 5.69 Å². The van der Waals surface area contributed by atoms with Crippen LogP contribution in [0.5, 0.6) is 5.75 Å². The Labute approximate surface area is 153 Å². The number of rotatable bonds is 7. The Morgan fingerprint density at radius 1 is 1.16 bits per heavy atom. The highest BCUT2D eigenvalue weighted by molar-refractivity contribution is 7.99. The van der Waals surface area contributed by atoms with Crippen molar-refractivity contribution in [2.24, 2.45) is 0 Å². The first kappa shape index (κ1) is 17.4. The van der Waals surface area contributed by atoms with Crippen molar-refractivity contribution in [1.82, 2.24) is 4.98 Å². The zero-order valence-electron chi connectivity index (χ0n) is 13.5. The molecule has 1 aromatic heterocycles. The van der Waals surface area contributed by atoms with Gasteiger partial charge in [-0.25, -0.2) is 4.98 Å². The van der Waals surface area contributed by atoms with Crippen LogP contribution in [0, 0.1) is 10.1 Å². The molecular weight excluding hydrogens is 356 g/mol. The van der Waals surface area contributed by atoms with Crippen molar-refractivity contribution in [3.8, 4) is 17.0 Å². The normalized spacial score (nSPS) is 10.6. The Bertz CT molecular complexity index is 846. The van der Waals surface area contributed by atoms with E-state index in [2.05, 4.69) is 11.9 Å². The maximum Gasteiger partial charge on any atom is 0.269 e. The van der Waals surface area contributed by atoms with E-state index in [9.17, 15) is 10.1 Å². The first-order chi connectivity index (χ1) is 12.2. The minimum absolute atomic E-state index is 0.0761. The maximum atomic E-state index is 10.7. The Hall–Kier alpha value is -2.38. The van der Waals surface area contributed by atoms with E-state index in [1.807, 2.05) is 29.6 Å². The Balaban J connectivity index is 1.62. The summed E-state index contributed by atoms with van der Waals surface area (Å²) >= 11 is 3.31. The molecule has 0 radical (unpaired) electrons. The second-order valence-corrected chi connectivity index (χ2v) is 7.40. The minimum atomic E-state index is -0.408. The quantitative estimate of drug-likeness (QED) is 0.315. The zero-order valence-corrected chi connectivity index (χ0v) is 15.2. The number of ether oxygens (including phenoxy) is 1. The van der Waals surface area contributed by atoms with Crippen molar-refractivity contribution in [3.63, 3.8) is 0 Å². The predicted octanol–water partition coefficient (Wildman–Crippen LogP) is 5.41. The molecule has 0 N–H and O–H groups in total. The molecule has 2 aromatic carbocycles. The fourth-order valence-electron chi connectivity index (χ4n) is 2.21. The van der Waals surface area contributed by atoms with Gasteiger partial charge in [0.15, 0.2) is 0 Å². The molecule has 5 nitrogen and oxygen atoms in total. The Morgan fingerprint density at radius 3 is 2.52 bits per heavy atom. The van der Waals surface area contributed by atoms with Crippen molar-refractivity contribution in [3.05, 3.63) is 69.0 Å². The summed E-state index contributed by atoms with van der Waals surface area (Å²) in [5.41, 5.74) is 1.73. The molecule has 3 aromatic rings. The third-order valence-electron chi connectivity index (χ3n) is 3.42. The van der Waals surface area contributed by atoms with Gasteiger partial charge in [0, 0.05) is 28.0 Å². The number of nitrogens with zero attached hydrogens (tertiary/aromatic N) is 2. The molecule has 0 bridgehead atoms. The van der Waals surface area contributed by atoms with Crippen molar-refractivity contribution in [2.45, 2.75) is 18.4 Å². The summed E-state index contributed by atoms with van der Waals surface area (Å²) in [6, 6.07) is 14.4. The molecule has 128 valence electrons. The topological polar surface area (TPSA) is 65.3 Å². The number of nitro groups is 1. The number of non-ortho nitro benzene ring substituents is 1. The van der Waals surface area contributed by atoms with Crippen LogP contribution in [0.25, 0.3) is 11.3 Å². The molecule has 0 aliphatic heterocycles. The number of nitro benzene ring substituents is 1. The van der Waals surface area contributed by atoms with E-state index < -0.39 is 4.92 Å². The molecular formula is C18H16N2O3S2. The van der Waals surface area contributed by atoms with Crippen molar-refractivity contribution in [2.75, 3.05) is 5.75 Å². The largest absolute Gasteiger partial charge is 0.486 e. The van der Waals surface area contributed by atoms with Gasteiger partial charge in [0.05, 0.1) is 10.6 Å². The molecule has 0 saturated carbocycles. The van der Waals surface area contributed by atoms with Gasteiger partial charge in [0.1, 0.15) is 17.4 Å². The van der Waals surface area contributed by atoms with Crippen LogP contribution in [0.2, 0.25) is 0 Å². The van der Waals surface area contributed by atoms with Crippen molar-refractivity contribution in [1.29, 1.82) is 0 Å². The first-order valence-electron chi connectivity index (χ1n) is 7.70. The van der Waals surface area contributed by atoms with E-state index >= 15 is 0 Å². The summed E-state index contributed by atoms with van der Waals surface area (Å²) in [5, 5.41) is 13.5. The monoisotopic (exact) mass is 372 g/mol. The highest BCUT2D eigenvalue weighted by atomic mass is 32.2. The zero-order chi connectivity index (χ0) is 17.6. The van der Waals surface area contributed by atoms with Gasteiger partial charge in [-0.1, -0.05) is 6.92 Å².